The van der Waals surface area contributed by atoms with Gasteiger partial charge < -0.3 is 9.64 Å². The van der Waals surface area contributed by atoms with Gasteiger partial charge >= 0.3 is 0 Å². The van der Waals surface area contributed by atoms with E-state index in [1.54, 1.807) is 12.1 Å². The third-order valence-corrected chi connectivity index (χ3v) is 5.49. The molecule has 28 heavy (non-hydrogen) atoms. The predicted octanol–water partition coefficient (Wildman–Crippen LogP) is 4.16. The lowest BCUT2D eigenvalue weighted by Gasteiger charge is -2.40. The van der Waals surface area contributed by atoms with Gasteiger partial charge in [0.1, 0.15) is 11.9 Å². The largest absolute Gasteiger partial charge is 0.368 e. The van der Waals surface area contributed by atoms with E-state index in [4.69, 9.17) is 10.3 Å². The van der Waals surface area contributed by atoms with Gasteiger partial charge in [-0.1, -0.05) is 41.5 Å². The van der Waals surface area contributed by atoms with Gasteiger partial charge in [0, 0.05) is 11.5 Å². The van der Waals surface area contributed by atoms with Gasteiger partial charge in [0.05, 0.1) is 18.7 Å². The molecule has 0 saturated carbocycles. The Morgan fingerprint density at radius 3 is 2.68 bits per heavy atom. The monoisotopic (exact) mass is 380 g/mol. The van der Waals surface area contributed by atoms with Crippen molar-refractivity contribution >= 4 is 5.91 Å². The lowest BCUT2D eigenvalue weighted by Crippen LogP contribution is -2.48. The highest BCUT2D eigenvalue weighted by Crippen LogP contribution is 2.36. The number of hydrogen-bond donors (Lipinski definition) is 0. The second-order valence-electron chi connectivity index (χ2n) is 7.19. The molecule has 0 spiro atoms. The Bertz CT molecular complexity index is 903. The minimum absolute atomic E-state index is 0.0665. The van der Waals surface area contributed by atoms with Crippen LogP contribution >= 0.6 is 0 Å². The quantitative estimate of drug-likeness (QED) is 0.455. The van der Waals surface area contributed by atoms with E-state index in [2.05, 4.69) is 16.1 Å². The summed E-state index contributed by atoms with van der Waals surface area (Å²) in [6, 6.07) is 13.9. The van der Waals surface area contributed by atoms with Crippen LogP contribution in [0, 0.1) is 5.82 Å². The van der Waals surface area contributed by atoms with Crippen molar-refractivity contribution in [2.24, 2.45) is 5.11 Å². The molecular weight excluding hydrogens is 359 g/mol. The first-order chi connectivity index (χ1) is 13.7. The van der Waals surface area contributed by atoms with Crippen LogP contribution in [0.4, 0.5) is 4.39 Å². The number of nitrogens with zero attached hydrogens (tertiary/aromatic N) is 4. The van der Waals surface area contributed by atoms with Crippen molar-refractivity contribution in [3.05, 3.63) is 81.5 Å². The van der Waals surface area contributed by atoms with E-state index in [1.165, 1.54) is 17.7 Å². The van der Waals surface area contributed by atoms with Gasteiger partial charge in [0.15, 0.2) is 0 Å². The average molecular weight is 380 g/mol. The fourth-order valence-electron chi connectivity index (χ4n) is 4.09. The summed E-state index contributed by atoms with van der Waals surface area (Å²) in [4.78, 5) is 18.0. The van der Waals surface area contributed by atoms with Gasteiger partial charge in [-0.15, -0.1) is 0 Å². The van der Waals surface area contributed by atoms with Crippen LogP contribution in [-0.2, 0) is 16.0 Å². The number of fused-ring (bicyclic) bond motifs is 1. The van der Waals surface area contributed by atoms with Crippen LogP contribution in [0.15, 0.2) is 53.6 Å². The van der Waals surface area contributed by atoms with E-state index in [0.717, 1.165) is 17.5 Å². The molecule has 7 heteroatoms. The van der Waals surface area contributed by atoms with E-state index >= 15 is 0 Å². The summed E-state index contributed by atoms with van der Waals surface area (Å²) < 4.78 is 19.2. The van der Waals surface area contributed by atoms with Crippen LogP contribution in [0.3, 0.4) is 0 Å². The summed E-state index contributed by atoms with van der Waals surface area (Å²) in [7, 11) is 0. The van der Waals surface area contributed by atoms with Crippen LogP contribution in [-0.4, -0.2) is 36.1 Å². The first kappa shape index (κ1) is 18.5. The van der Waals surface area contributed by atoms with Crippen LogP contribution in [0.2, 0.25) is 0 Å². The number of benzene rings is 2. The van der Waals surface area contributed by atoms with E-state index in [1.807, 2.05) is 23.1 Å². The van der Waals surface area contributed by atoms with Gasteiger partial charge in [-0.05, 0) is 53.6 Å². The minimum atomic E-state index is -0.543. The lowest BCUT2D eigenvalue weighted by molar-refractivity contribution is -0.149. The molecule has 0 unspecified atom stereocenters. The minimum Gasteiger partial charge on any atom is -0.368 e. The lowest BCUT2D eigenvalue weighted by atomic mass is 9.87. The second-order valence-corrected chi connectivity index (χ2v) is 7.19. The summed E-state index contributed by atoms with van der Waals surface area (Å²) in [5.41, 5.74) is 11.7. The molecule has 2 aliphatic heterocycles. The molecule has 0 radical (unpaired) electrons. The summed E-state index contributed by atoms with van der Waals surface area (Å²) in [6.45, 7) is 0.837. The first-order valence-electron chi connectivity index (χ1n) is 9.47. The van der Waals surface area contributed by atoms with Gasteiger partial charge in [-0.2, -0.15) is 0 Å². The molecule has 2 aromatic carbocycles. The van der Waals surface area contributed by atoms with Gasteiger partial charge in [-0.25, -0.2) is 4.39 Å². The van der Waals surface area contributed by atoms with Crippen molar-refractivity contribution in [3.8, 4) is 0 Å². The number of ether oxygens (including phenoxy) is 1. The zero-order valence-electron chi connectivity index (χ0n) is 15.4. The number of amides is 1. The Kier molecular flexibility index (Phi) is 5.28. The highest BCUT2D eigenvalue weighted by atomic mass is 19.1. The third-order valence-electron chi connectivity index (χ3n) is 5.49. The maximum atomic E-state index is 13.5. The zero-order valence-corrected chi connectivity index (χ0v) is 15.4. The highest BCUT2D eigenvalue weighted by Gasteiger charge is 2.37. The number of azide groups is 1. The van der Waals surface area contributed by atoms with Crippen molar-refractivity contribution in [1.82, 2.24) is 4.90 Å². The van der Waals surface area contributed by atoms with Crippen LogP contribution < -0.4 is 0 Å². The molecule has 2 aliphatic rings. The molecule has 0 N–H and O–H groups in total. The Balaban J connectivity index is 1.62. The van der Waals surface area contributed by atoms with E-state index < -0.39 is 6.10 Å². The molecule has 0 bridgehead atoms. The topological polar surface area (TPSA) is 78.3 Å². The SMILES string of the molecule is [N-]=[N+]=N[C@@H]1CC[C@H](C(=O)N2CCc3ccccc3[C@@H]2c2ccc(F)cc2)OC1. The van der Waals surface area contributed by atoms with E-state index in [-0.39, 0.29) is 30.4 Å². The molecular formula is C21H21FN4O2. The van der Waals surface area contributed by atoms with Crippen LogP contribution in [0.1, 0.15) is 35.6 Å². The highest BCUT2D eigenvalue weighted by molar-refractivity contribution is 5.82. The van der Waals surface area contributed by atoms with Crippen molar-refractivity contribution in [2.45, 2.75) is 37.5 Å². The molecule has 2 aromatic rings. The molecule has 1 amide bonds. The third kappa shape index (κ3) is 3.59. The zero-order chi connectivity index (χ0) is 19.5. The summed E-state index contributed by atoms with van der Waals surface area (Å²) in [5.74, 6) is -0.367. The van der Waals surface area contributed by atoms with Crippen molar-refractivity contribution in [2.75, 3.05) is 13.2 Å². The van der Waals surface area contributed by atoms with Gasteiger partial charge in [-0.3, -0.25) is 4.79 Å². The fourth-order valence-corrected chi connectivity index (χ4v) is 4.09. The maximum Gasteiger partial charge on any atom is 0.252 e. The molecule has 144 valence electrons. The van der Waals surface area contributed by atoms with Crippen molar-refractivity contribution in [3.63, 3.8) is 0 Å². The Morgan fingerprint density at radius 2 is 1.96 bits per heavy atom. The smallest absolute Gasteiger partial charge is 0.252 e. The Morgan fingerprint density at radius 1 is 1.18 bits per heavy atom. The molecule has 3 atom stereocenters. The van der Waals surface area contributed by atoms with E-state index in [0.29, 0.717) is 19.4 Å². The summed E-state index contributed by atoms with van der Waals surface area (Å²) in [5, 5.41) is 3.69. The Labute approximate surface area is 162 Å². The molecule has 0 aliphatic carbocycles. The number of carbonyl (C=O) groups excluding carboxylic acids is 1. The number of halogens is 1. The molecule has 1 fully saturated rings. The second kappa shape index (κ2) is 8.00. The predicted molar refractivity (Wildman–Crippen MR) is 102 cm³/mol. The first-order valence-corrected chi connectivity index (χ1v) is 9.47. The molecule has 6 nitrogen and oxygen atoms in total. The Hall–Kier alpha value is -2.89. The van der Waals surface area contributed by atoms with Crippen molar-refractivity contribution in [1.29, 1.82) is 0 Å². The van der Waals surface area contributed by atoms with Gasteiger partial charge in [0.25, 0.3) is 5.91 Å². The standard InChI is InChI=1S/C21H21FN4O2/c22-16-7-5-15(6-8-16)20-18-4-2-1-3-14(18)11-12-26(20)21(27)19-10-9-17(13-28-19)24-25-23/h1-8,17,19-20H,9-13H2/t17-,19-,20+/m1/s1. The van der Waals surface area contributed by atoms with Crippen molar-refractivity contribution < 1.29 is 13.9 Å². The number of hydrogen-bond acceptors (Lipinski definition) is 3. The normalized spacial score (nSPS) is 24.2. The van der Waals surface area contributed by atoms with Crippen LogP contribution in [0.25, 0.3) is 10.4 Å². The molecule has 1 saturated heterocycles. The molecule has 2 heterocycles. The summed E-state index contributed by atoms with van der Waals surface area (Å²) in [6.07, 6.45) is 1.38. The number of rotatable bonds is 3. The van der Waals surface area contributed by atoms with Crippen LogP contribution in [0.5, 0.6) is 0 Å². The number of carbonyl (C=O) groups is 1. The van der Waals surface area contributed by atoms with E-state index in [9.17, 15) is 9.18 Å². The summed E-state index contributed by atoms with van der Waals surface area (Å²) >= 11 is 0. The maximum absolute atomic E-state index is 13.5. The average Bonchev–Trinajstić information content (AvgIpc) is 2.74. The van der Waals surface area contributed by atoms with Gasteiger partial charge in [0.2, 0.25) is 0 Å². The fraction of sp³-hybridized carbons (Fsp3) is 0.381. The molecule has 0 aromatic heterocycles. The molecule has 4 rings (SSSR count).